The van der Waals surface area contributed by atoms with Crippen LogP contribution in [0.1, 0.15) is 33.5 Å². The maximum Gasteiger partial charge on any atom is 0.340 e. The SMILES string of the molecule is C=CCNC(=O)C(=O)c1[nH]c(C)c(C(=O)OCC)c1-c1ccc(OC)c(OC)c1. The number of aromatic amines is 1. The van der Waals surface area contributed by atoms with E-state index in [9.17, 15) is 14.4 Å². The van der Waals surface area contributed by atoms with Gasteiger partial charge in [-0.3, -0.25) is 9.59 Å². The Morgan fingerprint density at radius 1 is 1.17 bits per heavy atom. The Bertz CT molecular complexity index is 945. The van der Waals surface area contributed by atoms with Gasteiger partial charge in [-0.15, -0.1) is 6.58 Å². The van der Waals surface area contributed by atoms with E-state index in [2.05, 4.69) is 16.9 Å². The highest BCUT2D eigenvalue weighted by Gasteiger charge is 2.30. The van der Waals surface area contributed by atoms with Crippen LogP contribution in [0.4, 0.5) is 0 Å². The largest absolute Gasteiger partial charge is 0.493 e. The average molecular weight is 400 g/mol. The van der Waals surface area contributed by atoms with Crippen LogP contribution in [0.2, 0.25) is 0 Å². The van der Waals surface area contributed by atoms with Crippen molar-refractivity contribution >= 4 is 17.7 Å². The van der Waals surface area contributed by atoms with E-state index in [0.29, 0.717) is 22.8 Å². The van der Waals surface area contributed by atoms with Gasteiger partial charge in [0.25, 0.3) is 11.7 Å². The van der Waals surface area contributed by atoms with E-state index >= 15 is 0 Å². The number of carbonyl (C=O) groups excluding carboxylic acids is 3. The molecule has 8 nitrogen and oxygen atoms in total. The molecule has 2 aromatic rings. The third-order valence-electron chi connectivity index (χ3n) is 4.18. The Hall–Kier alpha value is -3.55. The van der Waals surface area contributed by atoms with Gasteiger partial charge < -0.3 is 24.5 Å². The summed E-state index contributed by atoms with van der Waals surface area (Å²) in [5.74, 6) is -1.33. The van der Waals surface area contributed by atoms with E-state index in [-0.39, 0.29) is 30.0 Å². The molecule has 29 heavy (non-hydrogen) atoms. The van der Waals surface area contributed by atoms with E-state index in [1.165, 1.54) is 20.3 Å². The highest BCUT2D eigenvalue weighted by Crippen LogP contribution is 2.37. The van der Waals surface area contributed by atoms with Crippen LogP contribution in [0.5, 0.6) is 11.5 Å². The molecule has 0 bridgehead atoms. The molecule has 0 aliphatic heterocycles. The lowest BCUT2D eigenvalue weighted by molar-refractivity contribution is -0.116. The van der Waals surface area contributed by atoms with E-state index in [0.717, 1.165) is 0 Å². The molecule has 2 rings (SSSR count). The number of methoxy groups -OCH3 is 2. The molecule has 0 aliphatic carbocycles. The predicted octanol–water partition coefficient (Wildman–Crippen LogP) is 2.67. The molecule has 0 aliphatic rings. The van der Waals surface area contributed by atoms with Crippen LogP contribution in [0.25, 0.3) is 11.1 Å². The van der Waals surface area contributed by atoms with Crippen LogP contribution in [-0.2, 0) is 9.53 Å². The van der Waals surface area contributed by atoms with E-state index in [1.807, 2.05) is 0 Å². The summed E-state index contributed by atoms with van der Waals surface area (Å²) < 4.78 is 15.7. The van der Waals surface area contributed by atoms with Gasteiger partial charge in [0.15, 0.2) is 11.5 Å². The van der Waals surface area contributed by atoms with E-state index in [1.54, 1.807) is 32.0 Å². The van der Waals surface area contributed by atoms with Crippen molar-refractivity contribution in [3.8, 4) is 22.6 Å². The number of amides is 1. The van der Waals surface area contributed by atoms with Crippen molar-refractivity contribution in [2.75, 3.05) is 27.4 Å². The van der Waals surface area contributed by atoms with Gasteiger partial charge in [0, 0.05) is 17.8 Å². The average Bonchev–Trinajstić information content (AvgIpc) is 3.07. The molecule has 1 amide bonds. The summed E-state index contributed by atoms with van der Waals surface area (Å²) in [6, 6.07) is 4.95. The molecule has 0 saturated heterocycles. The van der Waals surface area contributed by atoms with Crippen molar-refractivity contribution in [1.82, 2.24) is 10.3 Å². The molecule has 0 unspecified atom stereocenters. The van der Waals surface area contributed by atoms with Crippen LogP contribution >= 0.6 is 0 Å². The van der Waals surface area contributed by atoms with Gasteiger partial charge in [-0.05, 0) is 31.5 Å². The highest BCUT2D eigenvalue weighted by molar-refractivity contribution is 6.43. The standard InChI is InChI=1S/C21H24N2O6/c1-6-10-22-20(25)19(24)18-17(16(12(3)23-18)21(26)29-7-2)13-8-9-14(27-4)15(11-13)28-5/h6,8-9,11,23H,1,7,10H2,2-5H3,(H,22,25). The molecular formula is C21H24N2O6. The van der Waals surface area contributed by atoms with E-state index < -0.39 is 17.7 Å². The fourth-order valence-electron chi connectivity index (χ4n) is 2.89. The van der Waals surface area contributed by atoms with Crippen LogP contribution < -0.4 is 14.8 Å². The first-order valence-corrected chi connectivity index (χ1v) is 8.95. The molecular weight excluding hydrogens is 376 g/mol. The van der Waals surface area contributed by atoms with Crippen molar-refractivity contribution in [3.05, 3.63) is 47.8 Å². The summed E-state index contributed by atoms with van der Waals surface area (Å²) in [6.07, 6.45) is 1.46. The van der Waals surface area contributed by atoms with Crippen LogP contribution in [0.15, 0.2) is 30.9 Å². The van der Waals surface area contributed by atoms with Gasteiger partial charge in [0.1, 0.15) is 5.69 Å². The minimum atomic E-state index is -0.816. The van der Waals surface area contributed by atoms with Crippen molar-refractivity contribution in [2.45, 2.75) is 13.8 Å². The molecule has 1 heterocycles. The number of esters is 1. The summed E-state index contributed by atoms with van der Waals surface area (Å²) in [4.78, 5) is 40.5. The first-order valence-electron chi connectivity index (χ1n) is 8.95. The number of benzene rings is 1. The Labute approximate surface area is 168 Å². The molecule has 2 N–H and O–H groups in total. The number of Topliss-reactive ketones (excluding diaryl/α,β-unsaturated/α-hetero) is 1. The Morgan fingerprint density at radius 2 is 1.86 bits per heavy atom. The normalized spacial score (nSPS) is 10.2. The van der Waals surface area contributed by atoms with Crippen LogP contribution in [0.3, 0.4) is 0 Å². The zero-order valence-corrected chi connectivity index (χ0v) is 16.9. The first-order chi connectivity index (χ1) is 13.9. The van der Waals surface area contributed by atoms with Gasteiger partial charge in [-0.25, -0.2) is 4.79 Å². The maximum absolute atomic E-state index is 12.8. The second-order valence-electron chi connectivity index (χ2n) is 5.99. The molecule has 0 saturated carbocycles. The number of aromatic nitrogens is 1. The molecule has 0 spiro atoms. The van der Waals surface area contributed by atoms with Gasteiger partial charge in [-0.2, -0.15) is 0 Å². The number of hydrogen-bond acceptors (Lipinski definition) is 6. The molecule has 0 radical (unpaired) electrons. The monoisotopic (exact) mass is 400 g/mol. The fraction of sp³-hybridized carbons (Fsp3) is 0.286. The van der Waals surface area contributed by atoms with Crippen molar-refractivity contribution in [2.24, 2.45) is 0 Å². The van der Waals surface area contributed by atoms with Gasteiger partial charge in [0.2, 0.25) is 0 Å². The molecule has 0 atom stereocenters. The summed E-state index contributed by atoms with van der Waals surface area (Å²) in [5, 5.41) is 2.45. The van der Waals surface area contributed by atoms with Crippen LogP contribution in [-0.4, -0.2) is 50.0 Å². The Balaban J connectivity index is 2.69. The zero-order chi connectivity index (χ0) is 21.6. The summed E-state index contributed by atoms with van der Waals surface area (Å²) in [7, 11) is 2.98. The lowest BCUT2D eigenvalue weighted by Crippen LogP contribution is -2.31. The number of ether oxygens (including phenoxy) is 3. The molecule has 8 heteroatoms. The van der Waals surface area contributed by atoms with Crippen molar-refractivity contribution < 1.29 is 28.6 Å². The Kier molecular flexibility index (Phi) is 7.19. The van der Waals surface area contributed by atoms with Gasteiger partial charge in [-0.1, -0.05) is 12.1 Å². The zero-order valence-electron chi connectivity index (χ0n) is 16.9. The third-order valence-corrected chi connectivity index (χ3v) is 4.18. The Morgan fingerprint density at radius 3 is 2.45 bits per heavy atom. The van der Waals surface area contributed by atoms with Gasteiger partial charge in [0.05, 0.1) is 26.4 Å². The molecule has 1 aromatic carbocycles. The lowest BCUT2D eigenvalue weighted by Gasteiger charge is -2.12. The summed E-state index contributed by atoms with van der Waals surface area (Å²) >= 11 is 0. The second-order valence-corrected chi connectivity index (χ2v) is 5.99. The summed E-state index contributed by atoms with van der Waals surface area (Å²) in [6.45, 7) is 7.13. The van der Waals surface area contributed by atoms with Crippen LogP contribution in [0, 0.1) is 6.92 Å². The maximum atomic E-state index is 12.8. The van der Waals surface area contributed by atoms with Gasteiger partial charge >= 0.3 is 5.97 Å². The minimum absolute atomic E-state index is 0.0145. The number of rotatable bonds is 9. The fourth-order valence-corrected chi connectivity index (χ4v) is 2.89. The molecule has 0 fully saturated rings. The number of carbonyl (C=O) groups is 3. The molecule has 1 aromatic heterocycles. The predicted molar refractivity (Wildman–Crippen MR) is 108 cm³/mol. The minimum Gasteiger partial charge on any atom is -0.493 e. The number of ketones is 1. The highest BCUT2D eigenvalue weighted by atomic mass is 16.5. The van der Waals surface area contributed by atoms with E-state index in [4.69, 9.17) is 14.2 Å². The van der Waals surface area contributed by atoms with Crippen molar-refractivity contribution in [1.29, 1.82) is 0 Å². The third kappa shape index (κ3) is 4.48. The lowest BCUT2D eigenvalue weighted by atomic mass is 9.97. The molecule has 154 valence electrons. The number of aryl methyl sites for hydroxylation is 1. The van der Waals surface area contributed by atoms with Crippen molar-refractivity contribution in [3.63, 3.8) is 0 Å². The quantitative estimate of drug-likeness (QED) is 0.290. The smallest absolute Gasteiger partial charge is 0.340 e. The number of hydrogen-bond donors (Lipinski definition) is 2. The second kappa shape index (κ2) is 9.59. The first kappa shape index (κ1) is 21.7. The summed E-state index contributed by atoms with van der Waals surface area (Å²) in [5.41, 5.74) is 1.34. The topological polar surface area (TPSA) is 107 Å². The number of H-pyrrole nitrogens is 1. The number of nitrogens with one attached hydrogen (secondary N) is 2.